The molecule has 20 heavy (non-hydrogen) atoms. The van der Waals surface area contributed by atoms with Gasteiger partial charge in [0.25, 0.3) is 0 Å². The van der Waals surface area contributed by atoms with Crippen LogP contribution in [0.4, 0.5) is 4.79 Å². The molecular weight excluding hydrogens is 280 g/mol. The van der Waals surface area contributed by atoms with Gasteiger partial charge < -0.3 is 15.3 Å². The molecule has 108 valence electrons. The van der Waals surface area contributed by atoms with Crippen LogP contribution in [-0.4, -0.2) is 35.1 Å². The van der Waals surface area contributed by atoms with Gasteiger partial charge in [0.05, 0.1) is 13.0 Å². The monoisotopic (exact) mass is 296 g/mol. The van der Waals surface area contributed by atoms with Crippen LogP contribution in [0.1, 0.15) is 24.0 Å². The molecular formula is C14H17ClN2O3. The summed E-state index contributed by atoms with van der Waals surface area (Å²) in [5, 5.41) is 12.3. The highest BCUT2D eigenvalue weighted by Crippen LogP contribution is 2.30. The van der Waals surface area contributed by atoms with Crippen LogP contribution in [0, 0.1) is 0 Å². The Balaban J connectivity index is 2.15. The van der Waals surface area contributed by atoms with E-state index in [2.05, 4.69) is 5.32 Å². The largest absolute Gasteiger partial charge is 0.465 e. The van der Waals surface area contributed by atoms with Crippen molar-refractivity contribution in [1.29, 1.82) is 0 Å². The van der Waals surface area contributed by atoms with Gasteiger partial charge in [-0.2, -0.15) is 0 Å². The molecule has 1 aliphatic carbocycles. The minimum absolute atomic E-state index is 0.0874. The van der Waals surface area contributed by atoms with Crippen LogP contribution in [0.15, 0.2) is 18.2 Å². The smallest absolute Gasteiger partial charge is 0.407 e. The zero-order chi connectivity index (χ0) is 14.7. The van der Waals surface area contributed by atoms with Gasteiger partial charge >= 0.3 is 6.09 Å². The van der Waals surface area contributed by atoms with Crippen molar-refractivity contribution < 1.29 is 14.7 Å². The lowest BCUT2D eigenvalue weighted by atomic mass is 10.1. The molecule has 1 aromatic carbocycles. The van der Waals surface area contributed by atoms with Gasteiger partial charge in [-0.25, -0.2) is 4.79 Å². The van der Waals surface area contributed by atoms with Gasteiger partial charge in [-0.1, -0.05) is 23.7 Å². The van der Waals surface area contributed by atoms with E-state index in [-0.39, 0.29) is 24.9 Å². The van der Waals surface area contributed by atoms with E-state index in [1.165, 1.54) is 4.90 Å². The van der Waals surface area contributed by atoms with Crippen LogP contribution in [0.2, 0.25) is 5.02 Å². The summed E-state index contributed by atoms with van der Waals surface area (Å²) in [5.41, 5.74) is 1.56. The molecule has 0 atom stereocenters. The summed E-state index contributed by atoms with van der Waals surface area (Å²) in [7, 11) is 1.58. The third-order valence-corrected chi connectivity index (χ3v) is 3.70. The van der Waals surface area contributed by atoms with E-state index >= 15 is 0 Å². The number of carboxylic acid groups (broad SMARTS) is 1. The molecule has 1 aromatic rings. The molecule has 2 amide bonds. The average Bonchev–Trinajstić information content (AvgIpc) is 3.23. The van der Waals surface area contributed by atoms with Gasteiger partial charge in [0.2, 0.25) is 5.91 Å². The number of benzene rings is 1. The number of carbonyl (C=O) groups is 2. The summed E-state index contributed by atoms with van der Waals surface area (Å²) in [6.07, 6.45) is 1.14. The Morgan fingerprint density at radius 3 is 2.70 bits per heavy atom. The molecule has 0 radical (unpaired) electrons. The molecule has 0 aromatic heterocycles. The van der Waals surface area contributed by atoms with Crippen molar-refractivity contribution in [2.75, 3.05) is 7.05 Å². The lowest BCUT2D eigenvalue weighted by Gasteiger charge is -2.19. The molecule has 0 spiro atoms. The number of hydrogen-bond acceptors (Lipinski definition) is 2. The summed E-state index contributed by atoms with van der Waals surface area (Å²) in [6, 6.07) is 5.40. The summed E-state index contributed by atoms with van der Waals surface area (Å²) in [4.78, 5) is 24.0. The second-order valence-electron chi connectivity index (χ2n) is 4.92. The van der Waals surface area contributed by atoms with Crippen LogP contribution in [0.5, 0.6) is 0 Å². The third-order valence-electron chi connectivity index (χ3n) is 3.33. The van der Waals surface area contributed by atoms with Crippen LogP contribution in [0.3, 0.4) is 0 Å². The number of carbonyl (C=O) groups excluding carboxylic acids is 1. The van der Waals surface area contributed by atoms with E-state index < -0.39 is 6.09 Å². The Labute approximate surface area is 122 Å². The first-order chi connectivity index (χ1) is 9.51. The maximum atomic E-state index is 11.4. The van der Waals surface area contributed by atoms with E-state index in [1.54, 1.807) is 25.2 Å². The Bertz CT molecular complexity index is 529. The van der Waals surface area contributed by atoms with Crippen LogP contribution < -0.4 is 5.32 Å². The Morgan fingerprint density at radius 1 is 1.45 bits per heavy atom. The average molecular weight is 297 g/mol. The molecule has 5 nitrogen and oxygen atoms in total. The standard InChI is InChI=1S/C14H17ClN2O3/c1-16-13(18)7-9-2-5-12(15)10(6-9)8-17(14(19)20)11-3-4-11/h2,5-6,11H,3-4,7-8H2,1H3,(H,16,18)(H,19,20). The first kappa shape index (κ1) is 14.7. The van der Waals surface area contributed by atoms with Crippen molar-refractivity contribution in [3.05, 3.63) is 34.3 Å². The van der Waals surface area contributed by atoms with Crippen LogP contribution in [-0.2, 0) is 17.8 Å². The summed E-state index contributed by atoms with van der Waals surface area (Å²) in [6.45, 7) is 0.264. The number of likely N-dealkylation sites (N-methyl/N-ethyl adjacent to an activating group) is 1. The summed E-state index contributed by atoms with van der Waals surface area (Å²) < 4.78 is 0. The van der Waals surface area contributed by atoms with Crippen molar-refractivity contribution in [2.24, 2.45) is 0 Å². The summed E-state index contributed by atoms with van der Waals surface area (Å²) in [5.74, 6) is -0.0874. The van der Waals surface area contributed by atoms with E-state index in [0.717, 1.165) is 24.0 Å². The quantitative estimate of drug-likeness (QED) is 0.876. The topological polar surface area (TPSA) is 69.6 Å². The van der Waals surface area contributed by atoms with Crippen molar-refractivity contribution in [2.45, 2.75) is 31.8 Å². The first-order valence-electron chi connectivity index (χ1n) is 6.48. The second kappa shape index (κ2) is 6.13. The van der Waals surface area contributed by atoms with Crippen molar-refractivity contribution in [3.63, 3.8) is 0 Å². The van der Waals surface area contributed by atoms with E-state index in [4.69, 9.17) is 11.6 Å². The molecule has 0 saturated heterocycles. The lowest BCUT2D eigenvalue weighted by Crippen LogP contribution is -2.31. The maximum absolute atomic E-state index is 11.4. The van der Waals surface area contributed by atoms with Crippen LogP contribution >= 0.6 is 11.6 Å². The Kier molecular flexibility index (Phi) is 4.49. The maximum Gasteiger partial charge on any atom is 0.407 e. The second-order valence-corrected chi connectivity index (χ2v) is 5.32. The molecule has 1 aliphatic rings. The third kappa shape index (κ3) is 3.63. The number of hydrogen-bond donors (Lipinski definition) is 2. The highest BCUT2D eigenvalue weighted by atomic mass is 35.5. The van der Waals surface area contributed by atoms with Gasteiger partial charge in [0.1, 0.15) is 0 Å². The van der Waals surface area contributed by atoms with Gasteiger partial charge in [0.15, 0.2) is 0 Å². The minimum Gasteiger partial charge on any atom is -0.465 e. The molecule has 1 fully saturated rings. The minimum atomic E-state index is -0.930. The van der Waals surface area contributed by atoms with Gasteiger partial charge in [-0.15, -0.1) is 0 Å². The molecule has 1 saturated carbocycles. The first-order valence-corrected chi connectivity index (χ1v) is 6.86. The zero-order valence-corrected chi connectivity index (χ0v) is 12.0. The molecule has 0 aliphatic heterocycles. The molecule has 0 bridgehead atoms. The SMILES string of the molecule is CNC(=O)Cc1ccc(Cl)c(CN(C(=O)O)C2CC2)c1. The number of nitrogens with zero attached hydrogens (tertiary/aromatic N) is 1. The van der Waals surface area contributed by atoms with E-state index in [1.807, 2.05) is 0 Å². The Morgan fingerprint density at radius 2 is 2.15 bits per heavy atom. The van der Waals surface area contributed by atoms with Gasteiger partial charge in [-0.3, -0.25) is 4.79 Å². The van der Waals surface area contributed by atoms with Gasteiger partial charge in [-0.05, 0) is 30.0 Å². The summed E-state index contributed by atoms with van der Waals surface area (Å²) >= 11 is 6.12. The Hall–Kier alpha value is -1.75. The predicted octanol–water partition coefficient (Wildman–Crippen LogP) is 2.27. The fraction of sp³-hybridized carbons (Fsp3) is 0.429. The molecule has 6 heteroatoms. The molecule has 2 N–H and O–H groups in total. The fourth-order valence-electron chi connectivity index (χ4n) is 2.06. The lowest BCUT2D eigenvalue weighted by molar-refractivity contribution is -0.119. The highest BCUT2D eigenvalue weighted by molar-refractivity contribution is 6.31. The van der Waals surface area contributed by atoms with Crippen LogP contribution in [0.25, 0.3) is 0 Å². The predicted molar refractivity (Wildman–Crippen MR) is 75.8 cm³/mol. The highest BCUT2D eigenvalue weighted by Gasteiger charge is 2.32. The number of rotatable bonds is 5. The number of halogens is 1. The zero-order valence-electron chi connectivity index (χ0n) is 11.2. The van der Waals surface area contributed by atoms with Crippen molar-refractivity contribution in [1.82, 2.24) is 10.2 Å². The van der Waals surface area contributed by atoms with E-state index in [0.29, 0.717) is 5.02 Å². The fourth-order valence-corrected chi connectivity index (χ4v) is 2.23. The number of amides is 2. The van der Waals surface area contributed by atoms with E-state index in [9.17, 15) is 14.7 Å². The van der Waals surface area contributed by atoms with Crippen molar-refractivity contribution in [3.8, 4) is 0 Å². The number of nitrogens with one attached hydrogen (secondary N) is 1. The molecule has 0 heterocycles. The molecule has 0 unspecified atom stereocenters. The van der Waals surface area contributed by atoms with Crippen molar-refractivity contribution >= 4 is 23.6 Å². The molecule has 2 rings (SSSR count). The van der Waals surface area contributed by atoms with Gasteiger partial charge in [0, 0.05) is 18.1 Å². The normalized spacial score (nSPS) is 13.9.